The summed E-state index contributed by atoms with van der Waals surface area (Å²) in [4.78, 5) is 4.29. The van der Waals surface area contributed by atoms with E-state index in [0.29, 0.717) is 44.1 Å². The van der Waals surface area contributed by atoms with Gasteiger partial charge in [0.1, 0.15) is 0 Å². The van der Waals surface area contributed by atoms with Gasteiger partial charge in [0.25, 0.3) is 0 Å². The summed E-state index contributed by atoms with van der Waals surface area (Å²) < 4.78 is 62.7. The molecule has 0 atom stereocenters. The molecule has 0 spiro atoms. The van der Waals surface area contributed by atoms with Crippen LogP contribution in [0.25, 0.3) is 0 Å². The number of benzene rings is 1. The maximum absolute atomic E-state index is 12.8. The minimum absolute atomic E-state index is 0. The molecule has 0 unspecified atom stereocenters. The van der Waals surface area contributed by atoms with Gasteiger partial charge in [0.15, 0.2) is 5.96 Å². The molecule has 162 valence electrons. The molecule has 0 aromatic heterocycles. The van der Waals surface area contributed by atoms with Gasteiger partial charge in [0, 0.05) is 26.2 Å². The van der Waals surface area contributed by atoms with Gasteiger partial charge in [-0.1, -0.05) is 19.1 Å². The zero-order chi connectivity index (χ0) is 20.5. The van der Waals surface area contributed by atoms with E-state index in [4.69, 9.17) is 0 Å². The first-order chi connectivity index (χ1) is 12.6. The lowest BCUT2D eigenvalue weighted by molar-refractivity contribution is -0.137. The number of nitrogens with zero attached hydrogens (tertiary/aromatic N) is 2. The Morgan fingerprint density at radius 3 is 2.43 bits per heavy atom. The van der Waals surface area contributed by atoms with Gasteiger partial charge in [-0.25, -0.2) is 17.7 Å². The maximum Gasteiger partial charge on any atom is 0.416 e. The molecule has 0 aliphatic carbocycles. The average molecular weight is 536 g/mol. The second-order valence-corrected chi connectivity index (χ2v) is 7.91. The van der Waals surface area contributed by atoms with Crippen molar-refractivity contribution in [3.05, 3.63) is 35.4 Å². The standard InChI is InChI=1S/C17H27F3N4O2S.HI/c1-4-21-16(22-10-7-11-24(5-2)27(3,25)26)23-13-14-8-6-9-15(12-14)17(18,19)20;/h6,8-9,12H,4-5,7,10-11,13H2,1-3H3,(H2,21,22,23);1H. The molecule has 0 saturated carbocycles. The van der Waals surface area contributed by atoms with Crippen LogP contribution in [-0.2, 0) is 22.7 Å². The Balaban J connectivity index is 0.00000729. The molecule has 0 aliphatic heterocycles. The van der Waals surface area contributed by atoms with Gasteiger partial charge in [0.2, 0.25) is 10.0 Å². The third-order valence-corrected chi connectivity index (χ3v) is 5.10. The van der Waals surface area contributed by atoms with E-state index in [1.807, 2.05) is 6.92 Å². The Morgan fingerprint density at radius 2 is 1.89 bits per heavy atom. The van der Waals surface area contributed by atoms with E-state index in [2.05, 4.69) is 15.6 Å². The summed E-state index contributed by atoms with van der Waals surface area (Å²) in [6.07, 6.45) is -2.63. The lowest BCUT2D eigenvalue weighted by Crippen LogP contribution is -2.39. The second-order valence-electron chi connectivity index (χ2n) is 5.93. The van der Waals surface area contributed by atoms with Crippen LogP contribution in [-0.4, -0.2) is 51.1 Å². The quantitative estimate of drug-likeness (QED) is 0.220. The van der Waals surface area contributed by atoms with E-state index < -0.39 is 21.8 Å². The first-order valence-corrected chi connectivity index (χ1v) is 10.6. The Hall–Kier alpha value is -1.08. The summed E-state index contributed by atoms with van der Waals surface area (Å²) in [6.45, 7) is 5.62. The van der Waals surface area contributed by atoms with E-state index in [1.165, 1.54) is 16.6 Å². The van der Waals surface area contributed by atoms with Gasteiger partial charge in [-0.2, -0.15) is 13.2 Å². The van der Waals surface area contributed by atoms with Gasteiger partial charge in [0.05, 0.1) is 18.4 Å². The van der Waals surface area contributed by atoms with E-state index in [9.17, 15) is 21.6 Å². The van der Waals surface area contributed by atoms with Crippen molar-refractivity contribution in [2.45, 2.75) is 33.0 Å². The SMILES string of the molecule is CCNC(=NCc1cccc(C(F)(F)F)c1)NCCCN(CC)S(C)(=O)=O.I. The molecule has 1 aromatic rings. The molecule has 2 N–H and O–H groups in total. The summed E-state index contributed by atoms with van der Waals surface area (Å²) in [7, 11) is -3.22. The lowest BCUT2D eigenvalue weighted by Gasteiger charge is -2.18. The summed E-state index contributed by atoms with van der Waals surface area (Å²) in [5.74, 6) is 0.470. The fourth-order valence-corrected chi connectivity index (χ4v) is 3.31. The number of nitrogens with one attached hydrogen (secondary N) is 2. The molecular weight excluding hydrogens is 508 g/mol. The Labute approximate surface area is 182 Å². The topological polar surface area (TPSA) is 73.8 Å². The van der Waals surface area contributed by atoms with Crippen molar-refractivity contribution < 1.29 is 21.6 Å². The highest BCUT2D eigenvalue weighted by molar-refractivity contribution is 14.0. The van der Waals surface area contributed by atoms with Crippen molar-refractivity contribution >= 4 is 40.0 Å². The van der Waals surface area contributed by atoms with Crippen LogP contribution in [0.4, 0.5) is 13.2 Å². The van der Waals surface area contributed by atoms with Crippen LogP contribution in [0.3, 0.4) is 0 Å². The summed E-state index contributed by atoms with van der Waals surface area (Å²) >= 11 is 0. The molecule has 0 heterocycles. The Kier molecular flexibility index (Phi) is 12.0. The fourth-order valence-electron chi connectivity index (χ4n) is 2.38. The number of alkyl halides is 3. The van der Waals surface area contributed by atoms with Crippen molar-refractivity contribution in [3.63, 3.8) is 0 Å². The van der Waals surface area contributed by atoms with Crippen molar-refractivity contribution in [1.82, 2.24) is 14.9 Å². The van der Waals surface area contributed by atoms with E-state index in [-0.39, 0.29) is 30.5 Å². The van der Waals surface area contributed by atoms with E-state index >= 15 is 0 Å². The van der Waals surface area contributed by atoms with Crippen molar-refractivity contribution in [2.75, 3.05) is 32.4 Å². The average Bonchev–Trinajstić information content (AvgIpc) is 2.58. The molecule has 0 saturated heterocycles. The summed E-state index contributed by atoms with van der Waals surface area (Å²) in [6, 6.07) is 5.06. The van der Waals surface area contributed by atoms with Crippen LogP contribution in [0.1, 0.15) is 31.4 Å². The normalized spacial score (nSPS) is 12.6. The second kappa shape index (κ2) is 12.5. The molecule has 0 aliphatic rings. The van der Waals surface area contributed by atoms with Crippen LogP contribution in [0, 0.1) is 0 Å². The number of hydrogen-bond donors (Lipinski definition) is 2. The number of aliphatic imine (C=N–C) groups is 1. The molecule has 11 heteroatoms. The molecule has 1 aromatic carbocycles. The van der Waals surface area contributed by atoms with E-state index in [0.717, 1.165) is 12.1 Å². The van der Waals surface area contributed by atoms with Crippen LogP contribution < -0.4 is 10.6 Å². The monoisotopic (exact) mass is 536 g/mol. The maximum atomic E-state index is 12.8. The number of sulfonamides is 1. The third kappa shape index (κ3) is 9.92. The van der Waals surface area contributed by atoms with Crippen molar-refractivity contribution in [3.8, 4) is 0 Å². The molecule has 0 fully saturated rings. The minimum Gasteiger partial charge on any atom is -0.357 e. The van der Waals surface area contributed by atoms with Gasteiger partial charge < -0.3 is 10.6 Å². The largest absolute Gasteiger partial charge is 0.416 e. The van der Waals surface area contributed by atoms with Crippen LogP contribution in [0.5, 0.6) is 0 Å². The number of halogens is 4. The highest BCUT2D eigenvalue weighted by Crippen LogP contribution is 2.29. The molecule has 0 bridgehead atoms. The van der Waals surface area contributed by atoms with Crippen LogP contribution in [0.15, 0.2) is 29.3 Å². The molecule has 0 amide bonds. The molecule has 28 heavy (non-hydrogen) atoms. The molecular formula is C17H28F3IN4O2S. The highest BCUT2D eigenvalue weighted by atomic mass is 127. The highest BCUT2D eigenvalue weighted by Gasteiger charge is 2.30. The molecule has 6 nitrogen and oxygen atoms in total. The Morgan fingerprint density at radius 1 is 1.21 bits per heavy atom. The number of guanidine groups is 1. The smallest absolute Gasteiger partial charge is 0.357 e. The predicted octanol–water partition coefficient (Wildman–Crippen LogP) is 3.05. The number of hydrogen-bond acceptors (Lipinski definition) is 3. The first kappa shape index (κ1) is 26.9. The van der Waals surface area contributed by atoms with Crippen LogP contribution >= 0.6 is 24.0 Å². The molecule has 0 radical (unpaired) electrons. The first-order valence-electron chi connectivity index (χ1n) is 8.71. The van der Waals surface area contributed by atoms with Crippen molar-refractivity contribution in [2.24, 2.45) is 4.99 Å². The zero-order valence-electron chi connectivity index (χ0n) is 16.2. The minimum atomic E-state index is -4.38. The fraction of sp³-hybridized carbons (Fsp3) is 0.588. The Bertz CT molecular complexity index is 727. The predicted molar refractivity (Wildman–Crippen MR) is 116 cm³/mol. The summed E-state index contributed by atoms with van der Waals surface area (Å²) in [5.41, 5.74) is -0.246. The van der Waals surface area contributed by atoms with Gasteiger partial charge in [-0.05, 0) is 31.0 Å². The molecule has 1 rings (SSSR count). The zero-order valence-corrected chi connectivity index (χ0v) is 19.4. The van der Waals surface area contributed by atoms with Gasteiger partial charge in [-0.15, -0.1) is 24.0 Å². The number of rotatable bonds is 9. The van der Waals surface area contributed by atoms with Gasteiger partial charge in [-0.3, -0.25) is 0 Å². The third-order valence-electron chi connectivity index (χ3n) is 3.72. The van der Waals surface area contributed by atoms with Crippen LogP contribution in [0.2, 0.25) is 0 Å². The lowest BCUT2D eigenvalue weighted by atomic mass is 10.1. The summed E-state index contributed by atoms with van der Waals surface area (Å²) in [5, 5.41) is 6.08. The van der Waals surface area contributed by atoms with E-state index in [1.54, 1.807) is 13.0 Å². The van der Waals surface area contributed by atoms with Gasteiger partial charge >= 0.3 is 6.18 Å². The van der Waals surface area contributed by atoms with Crippen molar-refractivity contribution in [1.29, 1.82) is 0 Å².